The fourth-order valence-corrected chi connectivity index (χ4v) is 1.10. The van der Waals surface area contributed by atoms with Gasteiger partial charge in [-0.3, -0.25) is 4.68 Å². The number of nitrogens with zero attached hydrogens (tertiary/aromatic N) is 2. The molecule has 0 aliphatic heterocycles. The topological polar surface area (TPSA) is 67.9 Å². The third kappa shape index (κ3) is 3.00. The van der Waals surface area contributed by atoms with E-state index < -0.39 is 0 Å². The van der Waals surface area contributed by atoms with E-state index in [9.17, 15) is 0 Å². The van der Waals surface area contributed by atoms with E-state index in [2.05, 4.69) is 15.8 Å². The molecule has 5 nitrogen and oxygen atoms in total. The number of nitrogens with two attached hydrogens (primary N) is 1. The highest BCUT2D eigenvalue weighted by molar-refractivity contribution is 7.80. The molecule has 13 heavy (non-hydrogen) atoms. The Morgan fingerprint density at radius 3 is 3.08 bits per heavy atom. The van der Waals surface area contributed by atoms with Crippen molar-refractivity contribution in [2.75, 3.05) is 6.54 Å². The Morgan fingerprint density at radius 1 is 1.77 bits per heavy atom. The lowest BCUT2D eigenvalue weighted by molar-refractivity contribution is 0.693. The van der Waals surface area contributed by atoms with Crippen molar-refractivity contribution in [1.29, 1.82) is 0 Å². The average molecular weight is 199 g/mol. The van der Waals surface area contributed by atoms with Gasteiger partial charge in [-0.25, -0.2) is 5.84 Å². The lowest BCUT2D eigenvalue weighted by Crippen LogP contribution is -2.40. The minimum Gasteiger partial charge on any atom is -0.361 e. The quantitative estimate of drug-likeness (QED) is 0.341. The van der Waals surface area contributed by atoms with Crippen LogP contribution in [-0.4, -0.2) is 21.4 Å². The van der Waals surface area contributed by atoms with Crippen LogP contribution in [0.25, 0.3) is 0 Å². The normalized spacial score (nSPS) is 9.69. The number of rotatable bonds is 3. The maximum atomic E-state index is 5.09. The summed E-state index contributed by atoms with van der Waals surface area (Å²) in [5.41, 5.74) is 3.52. The monoisotopic (exact) mass is 199 g/mol. The third-order valence-corrected chi connectivity index (χ3v) is 1.98. The van der Waals surface area contributed by atoms with E-state index in [4.69, 9.17) is 18.1 Å². The van der Waals surface area contributed by atoms with Crippen LogP contribution in [0.4, 0.5) is 0 Å². The van der Waals surface area contributed by atoms with Crippen LogP contribution in [0.1, 0.15) is 5.69 Å². The Hall–Kier alpha value is -1.14. The van der Waals surface area contributed by atoms with Crippen molar-refractivity contribution in [2.24, 2.45) is 12.9 Å². The van der Waals surface area contributed by atoms with Crippen molar-refractivity contribution in [3.8, 4) is 0 Å². The van der Waals surface area contributed by atoms with E-state index in [0.29, 0.717) is 5.11 Å². The highest BCUT2D eigenvalue weighted by Gasteiger charge is 1.97. The highest BCUT2D eigenvalue weighted by atomic mass is 32.1. The number of hydrogen-bond acceptors (Lipinski definition) is 3. The van der Waals surface area contributed by atoms with Crippen LogP contribution < -0.4 is 16.6 Å². The van der Waals surface area contributed by atoms with Crippen LogP contribution in [0.2, 0.25) is 0 Å². The van der Waals surface area contributed by atoms with Crippen LogP contribution in [0.3, 0.4) is 0 Å². The van der Waals surface area contributed by atoms with Gasteiger partial charge in [0.25, 0.3) is 0 Å². The van der Waals surface area contributed by atoms with Gasteiger partial charge in [-0.05, 0) is 18.3 Å². The molecule has 4 N–H and O–H groups in total. The first-order valence-corrected chi connectivity index (χ1v) is 4.36. The third-order valence-electron chi connectivity index (χ3n) is 1.72. The summed E-state index contributed by atoms with van der Waals surface area (Å²) in [6.45, 7) is 0.753. The zero-order valence-electron chi connectivity index (χ0n) is 7.45. The average Bonchev–Trinajstić information content (AvgIpc) is 2.52. The number of thiocarbonyl (C=S) groups is 1. The molecular weight excluding hydrogens is 186 g/mol. The van der Waals surface area contributed by atoms with E-state index in [1.807, 2.05) is 17.8 Å². The predicted molar refractivity (Wildman–Crippen MR) is 54.8 cm³/mol. The van der Waals surface area contributed by atoms with Gasteiger partial charge in [0.15, 0.2) is 5.11 Å². The summed E-state index contributed by atoms with van der Waals surface area (Å²) in [6.07, 6.45) is 2.65. The van der Waals surface area contributed by atoms with Gasteiger partial charge in [0.1, 0.15) is 0 Å². The van der Waals surface area contributed by atoms with Crippen molar-refractivity contribution < 1.29 is 0 Å². The minimum atomic E-state index is 0.460. The van der Waals surface area contributed by atoms with Gasteiger partial charge in [0, 0.05) is 31.9 Å². The Kier molecular flexibility index (Phi) is 3.66. The maximum Gasteiger partial charge on any atom is 0.180 e. The molecule has 0 bridgehead atoms. The summed E-state index contributed by atoms with van der Waals surface area (Å²) < 4.78 is 1.83. The van der Waals surface area contributed by atoms with Gasteiger partial charge in [-0.1, -0.05) is 0 Å². The van der Waals surface area contributed by atoms with Crippen LogP contribution >= 0.6 is 12.2 Å². The summed E-state index contributed by atoms with van der Waals surface area (Å²) in [6, 6.07) is 1.97. The zero-order chi connectivity index (χ0) is 9.68. The van der Waals surface area contributed by atoms with Gasteiger partial charge in [0.05, 0.1) is 0 Å². The lowest BCUT2D eigenvalue weighted by Gasteiger charge is -2.06. The molecule has 0 spiro atoms. The van der Waals surface area contributed by atoms with Crippen molar-refractivity contribution in [3.63, 3.8) is 0 Å². The molecule has 0 fully saturated rings. The van der Waals surface area contributed by atoms with Gasteiger partial charge in [0.2, 0.25) is 0 Å². The summed E-state index contributed by atoms with van der Waals surface area (Å²) in [5.74, 6) is 5.09. The molecule has 1 heterocycles. The molecule has 0 saturated heterocycles. The Bertz CT molecular complexity index is 282. The molecule has 0 aliphatic rings. The summed E-state index contributed by atoms with van der Waals surface area (Å²) in [7, 11) is 1.91. The van der Waals surface area contributed by atoms with Gasteiger partial charge < -0.3 is 10.7 Å². The molecule has 0 aliphatic carbocycles. The number of nitrogens with one attached hydrogen (secondary N) is 2. The van der Waals surface area contributed by atoms with Crippen molar-refractivity contribution in [1.82, 2.24) is 20.5 Å². The molecule has 6 heteroatoms. The predicted octanol–water partition coefficient (Wildman–Crippen LogP) is -0.700. The smallest absolute Gasteiger partial charge is 0.180 e. The van der Waals surface area contributed by atoms with Crippen molar-refractivity contribution >= 4 is 17.3 Å². The fourth-order valence-electron chi connectivity index (χ4n) is 1.00. The van der Waals surface area contributed by atoms with E-state index in [1.165, 1.54) is 0 Å². The van der Waals surface area contributed by atoms with E-state index in [-0.39, 0.29) is 0 Å². The molecule has 0 aromatic carbocycles. The molecule has 0 radical (unpaired) electrons. The van der Waals surface area contributed by atoms with Gasteiger partial charge in [-0.2, -0.15) is 5.10 Å². The number of hydrogen-bond donors (Lipinski definition) is 3. The second-order valence-corrected chi connectivity index (χ2v) is 3.00. The zero-order valence-corrected chi connectivity index (χ0v) is 8.27. The number of aryl methyl sites for hydroxylation is 1. The molecule has 0 atom stereocenters. The minimum absolute atomic E-state index is 0.460. The van der Waals surface area contributed by atoms with Gasteiger partial charge >= 0.3 is 0 Å². The summed E-state index contributed by atoms with van der Waals surface area (Å²) in [5, 5.41) is 7.46. The van der Waals surface area contributed by atoms with Crippen molar-refractivity contribution in [2.45, 2.75) is 6.42 Å². The fraction of sp³-hybridized carbons (Fsp3) is 0.429. The van der Waals surface area contributed by atoms with Crippen LogP contribution in [-0.2, 0) is 13.5 Å². The molecule has 0 amide bonds. The first-order chi connectivity index (χ1) is 6.24. The molecule has 1 rings (SSSR count). The summed E-state index contributed by atoms with van der Waals surface area (Å²) in [4.78, 5) is 0. The largest absolute Gasteiger partial charge is 0.361 e. The Morgan fingerprint density at radius 2 is 2.54 bits per heavy atom. The second-order valence-electron chi connectivity index (χ2n) is 2.60. The standard InChI is InChI=1S/C7H13N5S/c1-12-6(3-5-10-12)2-4-9-7(13)11-8/h3,5H,2,4,8H2,1H3,(H2,9,11,13). The van der Waals surface area contributed by atoms with Crippen LogP contribution in [0, 0.1) is 0 Å². The SMILES string of the molecule is Cn1nccc1CCNC(=S)NN. The first kappa shape index (κ1) is 9.94. The van der Waals surface area contributed by atoms with E-state index in [1.54, 1.807) is 6.20 Å². The molecular formula is C7H13N5S. The van der Waals surface area contributed by atoms with Gasteiger partial charge in [-0.15, -0.1) is 0 Å². The van der Waals surface area contributed by atoms with Crippen LogP contribution in [0.5, 0.6) is 0 Å². The Labute approximate surface area is 82.3 Å². The summed E-state index contributed by atoms with van der Waals surface area (Å²) >= 11 is 4.81. The lowest BCUT2D eigenvalue weighted by atomic mass is 10.3. The molecule has 72 valence electrons. The molecule has 0 unspecified atom stereocenters. The molecule has 0 saturated carbocycles. The number of hydrazine groups is 1. The van der Waals surface area contributed by atoms with Crippen molar-refractivity contribution in [3.05, 3.63) is 18.0 Å². The van der Waals surface area contributed by atoms with E-state index in [0.717, 1.165) is 18.7 Å². The Balaban J connectivity index is 2.28. The van der Waals surface area contributed by atoms with Crippen LogP contribution in [0.15, 0.2) is 12.3 Å². The van der Waals surface area contributed by atoms with E-state index >= 15 is 0 Å². The maximum absolute atomic E-state index is 5.09. The first-order valence-electron chi connectivity index (χ1n) is 3.95. The molecule has 1 aromatic rings. The number of aromatic nitrogens is 2. The second kappa shape index (κ2) is 4.78. The molecule has 1 aromatic heterocycles. The highest BCUT2D eigenvalue weighted by Crippen LogP contribution is 1.95.